The van der Waals surface area contributed by atoms with Gasteiger partial charge in [-0.1, -0.05) is 11.3 Å². The Morgan fingerprint density at radius 3 is 2.52 bits per heavy atom. The Balaban J connectivity index is 1.46. The molecule has 0 saturated heterocycles. The summed E-state index contributed by atoms with van der Waals surface area (Å²) in [4.78, 5) is 24.3. The number of thiazole rings is 1. The molecule has 4 rings (SSSR count). The van der Waals surface area contributed by atoms with Gasteiger partial charge < -0.3 is 0 Å². The van der Waals surface area contributed by atoms with Crippen LogP contribution in [0.25, 0.3) is 10.2 Å². The molecule has 2 aromatic heterocycles. The molecular weight excluding hydrogens is 436 g/mol. The van der Waals surface area contributed by atoms with E-state index in [1.54, 1.807) is 47.3 Å². The summed E-state index contributed by atoms with van der Waals surface area (Å²) in [7, 11) is 0. The van der Waals surface area contributed by atoms with Gasteiger partial charge in [0.15, 0.2) is 5.13 Å². The summed E-state index contributed by atoms with van der Waals surface area (Å²) in [5, 5.41) is 0.550. The maximum atomic E-state index is 13.6. The number of carbonyl (C=O) groups is 1. The van der Waals surface area contributed by atoms with Crippen molar-refractivity contribution < 1.29 is 13.6 Å². The number of nitrogens with zero attached hydrogens (tertiary/aromatic N) is 3. The van der Waals surface area contributed by atoms with Crippen LogP contribution in [0.3, 0.4) is 0 Å². The first-order valence-electron chi connectivity index (χ1n) is 9.72. The summed E-state index contributed by atoms with van der Waals surface area (Å²) >= 11 is 2.89. The molecule has 4 aromatic rings. The van der Waals surface area contributed by atoms with Crippen LogP contribution >= 0.6 is 23.1 Å². The average Bonchev–Trinajstić information content (AvgIpc) is 3.19. The fraction of sp³-hybridized carbons (Fsp3) is 0.174. The average molecular weight is 456 g/mol. The quantitative estimate of drug-likeness (QED) is 0.239. The molecule has 1 amide bonds. The second-order valence-electron chi connectivity index (χ2n) is 6.85. The molecule has 0 fully saturated rings. The van der Waals surface area contributed by atoms with Crippen molar-refractivity contribution in [1.82, 2.24) is 9.97 Å². The van der Waals surface area contributed by atoms with Crippen LogP contribution in [0.2, 0.25) is 0 Å². The van der Waals surface area contributed by atoms with Crippen molar-refractivity contribution in [3.63, 3.8) is 0 Å². The topological polar surface area (TPSA) is 46.1 Å². The summed E-state index contributed by atoms with van der Waals surface area (Å²) < 4.78 is 27.3. The molecule has 0 spiro atoms. The van der Waals surface area contributed by atoms with Gasteiger partial charge in [0.05, 0.1) is 16.8 Å². The van der Waals surface area contributed by atoms with Crippen molar-refractivity contribution >= 4 is 44.4 Å². The van der Waals surface area contributed by atoms with E-state index in [-0.39, 0.29) is 17.5 Å². The van der Waals surface area contributed by atoms with Gasteiger partial charge >= 0.3 is 0 Å². The number of pyridine rings is 1. The molecule has 0 unspecified atom stereocenters. The largest absolute Gasteiger partial charge is 0.284 e. The van der Waals surface area contributed by atoms with Crippen molar-refractivity contribution in [2.75, 3.05) is 10.7 Å². The first kappa shape index (κ1) is 21.4. The molecule has 0 aliphatic rings. The molecule has 0 N–H and O–H groups in total. The highest BCUT2D eigenvalue weighted by atomic mass is 32.2. The summed E-state index contributed by atoms with van der Waals surface area (Å²) in [6, 6.07) is 14.5. The van der Waals surface area contributed by atoms with E-state index in [2.05, 4.69) is 9.97 Å². The van der Waals surface area contributed by atoms with Crippen LogP contribution < -0.4 is 4.90 Å². The minimum atomic E-state index is -0.326. The van der Waals surface area contributed by atoms with E-state index in [1.807, 2.05) is 12.1 Å². The van der Waals surface area contributed by atoms with Gasteiger partial charge in [0, 0.05) is 23.7 Å². The van der Waals surface area contributed by atoms with Crippen LogP contribution in [-0.4, -0.2) is 21.6 Å². The molecular formula is C23H19F2N3OS2. The Labute approximate surface area is 187 Å². The highest BCUT2D eigenvalue weighted by Crippen LogP contribution is 2.31. The number of thioether (sulfide) groups is 1. The number of anilines is 1. The Morgan fingerprint density at radius 1 is 1.00 bits per heavy atom. The van der Waals surface area contributed by atoms with Crippen molar-refractivity contribution in [3.8, 4) is 0 Å². The van der Waals surface area contributed by atoms with Crippen LogP contribution in [0.15, 0.2) is 71.9 Å². The highest BCUT2D eigenvalue weighted by Gasteiger charge is 2.20. The van der Waals surface area contributed by atoms with Crippen molar-refractivity contribution in [2.24, 2.45) is 0 Å². The van der Waals surface area contributed by atoms with E-state index in [9.17, 15) is 13.6 Å². The van der Waals surface area contributed by atoms with Gasteiger partial charge in [-0.15, -0.1) is 11.8 Å². The smallest absolute Gasteiger partial charge is 0.229 e. The predicted molar refractivity (Wildman–Crippen MR) is 121 cm³/mol. The van der Waals surface area contributed by atoms with E-state index in [4.69, 9.17) is 0 Å². The predicted octanol–water partition coefficient (Wildman–Crippen LogP) is 6.08. The molecule has 8 heteroatoms. The van der Waals surface area contributed by atoms with Crippen LogP contribution in [0.4, 0.5) is 13.9 Å². The van der Waals surface area contributed by atoms with E-state index in [1.165, 1.54) is 35.6 Å². The van der Waals surface area contributed by atoms with E-state index < -0.39 is 0 Å². The second-order valence-corrected chi connectivity index (χ2v) is 9.03. The molecule has 4 nitrogen and oxygen atoms in total. The number of fused-ring (bicyclic) bond motifs is 1. The summed E-state index contributed by atoms with van der Waals surface area (Å²) in [5.41, 5.74) is 1.61. The zero-order chi connectivity index (χ0) is 21.6. The summed E-state index contributed by atoms with van der Waals surface area (Å²) in [5.74, 6) is 0.108. The van der Waals surface area contributed by atoms with Gasteiger partial charge in [-0.05, 0) is 72.3 Å². The number of amides is 1. The number of carbonyl (C=O) groups excluding carboxylic acids is 1. The number of halogens is 2. The first-order chi connectivity index (χ1) is 15.1. The third kappa shape index (κ3) is 5.65. The molecule has 2 heterocycles. The lowest BCUT2D eigenvalue weighted by molar-refractivity contribution is -0.118. The fourth-order valence-electron chi connectivity index (χ4n) is 3.01. The molecule has 158 valence electrons. The molecule has 2 aromatic carbocycles. The number of benzene rings is 2. The third-order valence-electron chi connectivity index (χ3n) is 4.58. The molecule has 0 aliphatic carbocycles. The Hall–Kier alpha value is -2.84. The van der Waals surface area contributed by atoms with Crippen LogP contribution in [0.1, 0.15) is 18.4 Å². The minimum absolute atomic E-state index is 0.0453. The maximum absolute atomic E-state index is 13.6. The normalized spacial score (nSPS) is 11.0. The minimum Gasteiger partial charge on any atom is -0.284 e. The number of aromatic nitrogens is 2. The van der Waals surface area contributed by atoms with Crippen molar-refractivity contribution in [2.45, 2.75) is 24.3 Å². The Kier molecular flexibility index (Phi) is 6.89. The first-order valence-corrected chi connectivity index (χ1v) is 11.5. The lowest BCUT2D eigenvalue weighted by atomic mass is 10.2. The highest BCUT2D eigenvalue weighted by molar-refractivity contribution is 7.99. The second kappa shape index (κ2) is 9.98. The molecule has 0 saturated carbocycles. The molecule has 0 aliphatic heterocycles. The fourth-order valence-corrected chi connectivity index (χ4v) is 4.87. The number of hydrogen-bond acceptors (Lipinski definition) is 5. The lowest BCUT2D eigenvalue weighted by Crippen LogP contribution is -2.30. The zero-order valence-corrected chi connectivity index (χ0v) is 18.1. The number of hydrogen-bond donors (Lipinski definition) is 0. The standard InChI is InChI=1S/C23H19F2N3OS2/c24-17-3-6-19(7-4-17)30-13-1-2-22(29)28(15-16-9-11-26-12-10-16)23-27-20-8-5-18(25)14-21(20)31-23/h3-12,14H,1-2,13,15H2. The zero-order valence-electron chi connectivity index (χ0n) is 16.5. The monoisotopic (exact) mass is 455 g/mol. The van der Waals surface area contributed by atoms with Gasteiger partial charge in [0.2, 0.25) is 5.91 Å². The van der Waals surface area contributed by atoms with Gasteiger partial charge in [0.1, 0.15) is 11.6 Å². The van der Waals surface area contributed by atoms with Crippen LogP contribution in [-0.2, 0) is 11.3 Å². The summed E-state index contributed by atoms with van der Waals surface area (Å²) in [6.07, 6.45) is 4.40. The van der Waals surface area contributed by atoms with Crippen LogP contribution in [0.5, 0.6) is 0 Å². The van der Waals surface area contributed by atoms with Crippen molar-refractivity contribution in [1.29, 1.82) is 0 Å². The Bertz CT molecular complexity index is 1170. The van der Waals surface area contributed by atoms with Gasteiger partial charge in [-0.25, -0.2) is 13.8 Å². The SMILES string of the molecule is O=C(CCCSc1ccc(F)cc1)N(Cc1ccncc1)c1nc2ccc(F)cc2s1. The van der Waals surface area contributed by atoms with Crippen molar-refractivity contribution in [3.05, 3.63) is 84.2 Å². The third-order valence-corrected chi connectivity index (χ3v) is 6.72. The Morgan fingerprint density at radius 2 is 1.74 bits per heavy atom. The molecule has 31 heavy (non-hydrogen) atoms. The van der Waals surface area contributed by atoms with Gasteiger partial charge in [0.25, 0.3) is 0 Å². The maximum Gasteiger partial charge on any atom is 0.229 e. The molecule has 0 radical (unpaired) electrons. The van der Waals surface area contributed by atoms with Crippen LogP contribution in [0, 0.1) is 11.6 Å². The van der Waals surface area contributed by atoms with Gasteiger partial charge in [-0.3, -0.25) is 14.7 Å². The van der Waals surface area contributed by atoms with E-state index in [0.29, 0.717) is 34.7 Å². The summed E-state index contributed by atoms with van der Waals surface area (Å²) in [6.45, 7) is 0.370. The lowest BCUT2D eigenvalue weighted by Gasteiger charge is -2.20. The van der Waals surface area contributed by atoms with E-state index in [0.717, 1.165) is 16.2 Å². The molecule has 0 bridgehead atoms. The van der Waals surface area contributed by atoms with Gasteiger partial charge in [-0.2, -0.15) is 0 Å². The van der Waals surface area contributed by atoms with E-state index >= 15 is 0 Å². The number of rotatable bonds is 8. The molecule has 0 atom stereocenters.